The maximum atomic E-state index is 11.9. The molecule has 0 aromatic rings. The summed E-state index contributed by atoms with van der Waals surface area (Å²) in [6, 6.07) is -0.0817. The minimum absolute atomic E-state index is 0.0182. The highest BCUT2D eigenvalue weighted by Crippen LogP contribution is 2.35. The Morgan fingerprint density at radius 3 is 2.22 bits per heavy atom. The lowest BCUT2D eigenvalue weighted by molar-refractivity contribution is -0.121. The quantitative estimate of drug-likeness (QED) is 0.724. The van der Waals surface area contributed by atoms with E-state index in [9.17, 15) is 19.5 Å². The summed E-state index contributed by atoms with van der Waals surface area (Å²) in [5.74, 6) is -0.288. The van der Waals surface area contributed by atoms with Crippen LogP contribution in [-0.2, 0) is 9.53 Å². The Morgan fingerprint density at radius 2 is 1.74 bits per heavy atom. The number of amides is 3. The van der Waals surface area contributed by atoms with Gasteiger partial charge in [0, 0.05) is 18.1 Å². The van der Waals surface area contributed by atoms with Crippen LogP contribution in [0.3, 0.4) is 0 Å². The summed E-state index contributed by atoms with van der Waals surface area (Å²) in [5.41, 5.74) is -0.608. The van der Waals surface area contributed by atoms with Crippen molar-refractivity contribution in [3.63, 3.8) is 0 Å². The zero-order chi connectivity index (χ0) is 17.2. The molecule has 2 fully saturated rings. The Bertz CT molecular complexity index is 474. The lowest BCUT2D eigenvalue weighted by Crippen LogP contribution is -2.53. The Kier molecular flexibility index (Phi) is 5.01. The molecule has 0 unspecified atom stereocenters. The Labute approximate surface area is 135 Å². The molecule has 3 atom stereocenters. The van der Waals surface area contributed by atoms with Crippen molar-refractivity contribution >= 4 is 18.1 Å². The molecule has 2 aliphatic heterocycles. The summed E-state index contributed by atoms with van der Waals surface area (Å²) in [4.78, 5) is 36.1. The van der Waals surface area contributed by atoms with Gasteiger partial charge in [-0.15, -0.1) is 0 Å². The van der Waals surface area contributed by atoms with Gasteiger partial charge in [0.15, 0.2) is 0 Å². The van der Waals surface area contributed by atoms with Crippen LogP contribution in [0.1, 0.15) is 46.5 Å². The van der Waals surface area contributed by atoms with Crippen LogP contribution in [0, 0.1) is 0 Å². The molecular weight excluding hydrogens is 302 g/mol. The van der Waals surface area contributed by atoms with Gasteiger partial charge in [0.1, 0.15) is 12.1 Å². The largest absolute Gasteiger partial charge is 0.465 e. The van der Waals surface area contributed by atoms with Gasteiger partial charge in [0.25, 0.3) is 0 Å². The van der Waals surface area contributed by atoms with Crippen LogP contribution < -0.4 is 10.6 Å². The average molecular weight is 327 g/mol. The number of fused-ring (bicyclic) bond motifs is 2. The number of piperidine rings is 1. The molecule has 130 valence electrons. The molecule has 0 spiro atoms. The number of carbonyl (C=O) groups excluding carboxylic acids is 2. The van der Waals surface area contributed by atoms with Gasteiger partial charge >= 0.3 is 12.2 Å². The number of carboxylic acid groups (broad SMARTS) is 1. The molecule has 2 saturated heterocycles. The fraction of sp³-hybridized carbons (Fsp3) is 0.800. The van der Waals surface area contributed by atoms with Gasteiger partial charge in [0.05, 0.1) is 0 Å². The van der Waals surface area contributed by atoms with Crippen molar-refractivity contribution in [1.82, 2.24) is 15.5 Å². The van der Waals surface area contributed by atoms with Crippen LogP contribution in [0.15, 0.2) is 0 Å². The number of carbonyl (C=O) groups is 3. The third kappa shape index (κ3) is 4.74. The second-order valence-corrected chi connectivity index (χ2v) is 7.17. The Hall–Kier alpha value is -1.99. The summed E-state index contributed by atoms with van der Waals surface area (Å²) in [6.07, 6.45) is 1.43. The molecule has 0 aliphatic carbocycles. The number of hydrogen-bond acceptors (Lipinski definition) is 4. The van der Waals surface area contributed by atoms with Gasteiger partial charge in [-0.3, -0.25) is 4.79 Å². The van der Waals surface area contributed by atoms with Gasteiger partial charge in [-0.2, -0.15) is 0 Å². The van der Waals surface area contributed by atoms with E-state index in [1.165, 1.54) is 4.90 Å². The average Bonchev–Trinajstić information content (AvgIpc) is 2.67. The number of alkyl carbamates (subject to hydrolysis) is 1. The van der Waals surface area contributed by atoms with E-state index < -0.39 is 17.8 Å². The van der Waals surface area contributed by atoms with Crippen molar-refractivity contribution < 1.29 is 24.2 Å². The molecule has 2 bridgehead atoms. The standard InChI is InChI=1S/C15H25N3O5/c1-15(2,3)23-13(20)16-8-12(19)17-9-6-10-4-5-11(7-9)18(10)14(21)22/h9-11H,4-8H2,1-3H3,(H,16,20)(H,17,19)(H,21,22)/t9-,10-,11+. The zero-order valence-corrected chi connectivity index (χ0v) is 13.8. The Morgan fingerprint density at radius 1 is 1.17 bits per heavy atom. The number of nitrogens with zero attached hydrogens (tertiary/aromatic N) is 1. The minimum atomic E-state index is -0.881. The molecule has 8 heteroatoms. The van der Waals surface area contributed by atoms with Crippen molar-refractivity contribution in [2.45, 2.75) is 70.2 Å². The van der Waals surface area contributed by atoms with Crippen molar-refractivity contribution in [2.24, 2.45) is 0 Å². The van der Waals surface area contributed by atoms with Gasteiger partial charge in [-0.1, -0.05) is 0 Å². The fourth-order valence-electron chi connectivity index (χ4n) is 3.35. The van der Waals surface area contributed by atoms with Crippen LogP contribution in [0.4, 0.5) is 9.59 Å². The summed E-state index contributed by atoms with van der Waals surface area (Å²) >= 11 is 0. The first-order valence-electron chi connectivity index (χ1n) is 7.93. The molecule has 3 amide bonds. The van der Waals surface area contributed by atoms with Crippen molar-refractivity contribution in [1.29, 1.82) is 0 Å². The third-order valence-electron chi connectivity index (χ3n) is 4.11. The van der Waals surface area contributed by atoms with E-state index in [1.807, 2.05) is 0 Å². The molecule has 3 N–H and O–H groups in total. The van der Waals surface area contributed by atoms with E-state index in [0.29, 0.717) is 12.8 Å². The van der Waals surface area contributed by atoms with Gasteiger partial charge < -0.3 is 25.4 Å². The highest BCUT2D eigenvalue weighted by molar-refractivity contribution is 5.82. The van der Waals surface area contributed by atoms with E-state index in [0.717, 1.165) is 12.8 Å². The predicted octanol–water partition coefficient (Wildman–Crippen LogP) is 1.30. The van der Waals surface area contributed by atoms with E-state index in [2.05, 4.69) is 10.6 Å². The highest BCUT2D eigenvalue weighted by atomic mass is 16.6. The second-order valence-electron chi connectivity index (χ2n) is 7.17. The SMILES string of the molecule is CC(C)(C)OC(=O)NCC(=O)N[C@@H]1C[C@H]2CC[C@@H](C1)N2C(=O)O. The Balaban J connectivity index is 1.75. The van der Waals surface area contributed by atoms with E-state index in [4.69, 9.17) is 4.74 Å². The maximum absolute atomic E-state index is 11.9. The monoisotopic (exact) mass is 327 g/mol. The number of ether oxygens (including phenoxy) is 1. The van der Waals surface area contributed by atoms with Crippen molar-refractivity contribution in [2.75, 3.05) is 6.54 Å². The van der Waals surface area contributed by atoms with Crippen LogP contribution in [0.5, 0.6) is 0 Å². The molecule has 2 heterocycles. The first-order chi connectivity index (χ1) is 10.7. The lowest BCUT2D eigenvalue weighted by Gasteiger charge is -2.37. The first-order valence-corrected chi connectivity index (χ1v) is 7.93. The second kappa shape index (κ2) is 6.64. The van der Waals surface area contributed by atoms with Gasteiger partial charge in [-0.25, -0.2) is 9.59 Å². The van der Waals surface area contributed by atoms with E-state index >= 15 is 0 Å². The number of rotatable bonds is 3. The van der Waals surface area contributed by atoms with Crippen LogP contribution in [0.2, 0.25) is 0 Å². The smallest absolute Gasteiger partial charge is 0.408 e. The van der Waals surface area contributed by atoms with Gasteiger partial charge in [0.2, 0.25) is 5.91 Å². The van der Waals surface area contributed by atoms with E-state index in [1.54, 1.807) is 20.8 Å². The maximum Gasteiger partial charge on any atom is 0.408 e. The van der Waals surface area contributed by atoms with Crippen molar-refractivity contribution in [3.8, 4) is 0 Å². The number of hydrogen-bond donors (Lipinski definition) is 3. The minimum Gasteiger partial charge on any atom is -0.465 e. The summed E-state index contributed by atoms with van der Waals surface area (Å²) in [5, 5.41) is 14.5. The van der Waals surface area contributed by atoms with Gasteiger partial charge in [-0.05, 0) is 46.5 Å². The molecule has 0 aromatic carbocycles. The molecule has 8 nitrogen and oxygen atoms in total. The first kappa shape index (κ1) is 17.4. The molecule has 0 aromatic heterocycles. The summed E-state index contributed by atoms with van der Waals surface area (Å²) in [6.45, 7) is 5.10. The third-order valence-corrected chi connectivity index (χ3v) is 4.11. The fourth-order valence-corrected chi connectivity index (χ4v) is 3.35. The topological polar surface area (TPSA) is 108 Å². The number of nitrogens with one attached hydrogen (secondary N) is 2. The molecular formula is C15H25N3O5. The van der Waals surface area contributed by atoms with Crippen molar-refractivity contribution in [3.05, 3.63) is 0 Å². The predicted molar refractivity (Wildman–Crippen MR) is 82.1 cm³/mol. The molecule has 0 saturated carbocycles. The molecule has 23 heavy (non-hydrogen) atoms. The summed E-state index contributed by atoms with van der Waals surface area (Å²) < 4.78 is 5.06. The van der Waals surface area contributed by atoms with Crippen LogP contribution in [0.25, 0.3) is 0 Å². The normalized spacial score (nSPS) is 26.6. The molecule has 2 aliphatic rings. The molecule has 0 radical (unpaired) electrons. The highest BCUT2D eigenvalue weighted by Gasteiger charge is 2.43. The van der Waals surface area contributed by atoms with E-state index in [-0.39, 0.29) is 30.6 Å². The molecule has 2 rings (SSSR count). The van der Waals surface area contributed by atoms with Crippen LogP contribution >= 0.6 is 0 Å². The zero-order valence-electron chi connectivity index (χ0n) is 13.8. The van der Waals surface area contributed by atoms with Crippen LogP contribution in [-0.4, -0.2) is 58.4 Å². The lowest BCUT2D eigenvalue weighted by atomic mass is 9.98. The summed E-state index contributed by atoms with van der Waals surface area (Å²) in [7, 11) is 0.